The molecule has 156 valence electrons. The van der Waals surface area contributed by atoms with Crippen LogP contribution >= 0.6 is 0 Å². The van der Waals surface area contributed by atoms with Crippen LogP contribution in [0.4, 0.5) is 10.5 Å². The number of carbonyl (C=O) groups excluding carboxylic acids is 1. The average molecular weight is 408 g/mol. The van der Waals surface area contributed by atoms with E-state index < -0.39 is 0 Å². The largest absolute Gasteiger partial charge is 0.495 e. The summed E-state index contributed by atoms with van der Waals surface area (Å²) in [5, 5.41) is 11.2. The molecule has 0 bridgehead atoms. The summed E-state index contributed by atoms with van der Waals surface area (Å²) in [5.74, 6) is 2.33. The summed E-state index contributed by atoms with van der Waals surface area (Å²) in [4.78, 5) is 14.5. The summed E-state index contributed by atoms with van der Waals surface area (Å²) in [7, 11) is 1.58. The van der Waals surface area contributed by atoms with Gasteiger partial charge in [-0.3, -0.25) is 0 Å². The minimum atomic E-state index is -0.170. The van der Waals surface area contributed by atoms with Crippen molar-refractivity contribution in [2.24, 2.45) is 0 Å². The first-order valence-electron chi connectivity index (χ1n) is 9.92. The lowest BCUT2D eigenvalue weighted by molar-refractivity contribution is 0.184. The monoisotopic (exact) mass is 408 g/mol. The third-order valence-electron chi connectivity index (χ3n) is 4.99. The van der Waals surface area contributed by atoms with Gasteiger partial charge >= 0.3 is 6.03 Å². The van der Waals surface area contributed by atoms with Gasteiger partial charge in [0.05, 0.1) is 18.7 Å². The highest BCUT2D eigenvalue weighted by atomic mass is 16.5. The molecule has 2 amide bonds. The van der Waals surface area contributed by atoms with Crippen LogP contribution in [0.3, 0.4) is 0 Å². The summed E-state index contributed by atoms with van der Waals surface area (Å²) < 4.78 is 16.8. The van der Waals surface area contributed by atoms with E-state index in [1.54, 1.807) is 12.0 Å². The van der Waals surface area contributed by atoms with Gasteiger partial charge in [0.25, 0.3) is 5.89 Å². The summed E-state index contributed by atoms with van der Waals surface area (Å²) in [6, 6.07) is 16.7. The number of nitrogens with zero attached hydrogens (tertiary/aromatic N) is 3. The Morgan fingerprint density at radius 2 is 1.97 bits per heavy atom. The zero-order valence-corrected chi connectivity index (χ0v) is 16.8. The third kappa shape index (κ3) is 4.71. The average Bonchev–Trinajstić information content (AvgIpc) is 3.28. The first kappa shape index (κ1) is 19.8. The van der Waals surface area contributed by atoms with E-state index >= 15 is 0 Å². The van der Waals surface area contributed by atoms with Crippen molar-refractivity contribution in [3.05, 3.63) is 66.4 Å². The molecule has 2 aromatic carbocycles. The maximum atomic E-state index is 12.7. The first-order chi connectivity index (χ1) is 14.7. The van der Waals surface area contributed by atoms with Crippen LogP contribution < -0.4 is 14.8 Å². The van der Waals surface area contributed by atoms with E-state index in [-0.39, 0.29) is 18.6 Å². The Bertz CT molecular complexity index is 976. The number of hydrogen-bond acceptors (Lipinski definition) is 6. The number of ether oxygens (including phenoxy) is 2. The quantitative estimate of drug-likeness (QED) is 0.661. The minimum absolute atomic E-state index is 0.000134. The fourth-order valence-corrected chi connectivity index (χ4v) is 3.46. The van der Waals surface area contributed by atoms with E-state index in [1.165, 1.54) is 0 Å². The van der Waals surface area contributed by atoms with Gasteiger partial charge in [-0.1, -0.05) is 30.3 Å². The van der Waals surface area contributed by atoms with Gasteiger partial charge in [0.1, 0.15) is 11.5 Å². The second-order valence-corrected chi connectivity index (χ2v) is 7.05. The number of methoxy groups -OCH3 is 1. The van der Waals surface area contributed by atoms with Gasteiger partial charge in [-0.25, -0.2) is 4.79 Å². The van der Waals surface area contributed by atoms with Gasteiger partial charge in [-0.15, -0.1) is 10.2 Å². The summed E-state index contributed by atoms with van der Waals surface area (Å²) >= 11 is 0. The second-order valence-electron chi connectivity index (χ2n) is 7.05. The molecule has 1 atom stereocenters. The SMILES string of the molecule is COc1ccccc1NC(=O)N1CCCC(c2nnc(COc3ccccc3)o2)C1. The smallest absolute Gasteiger partial charge is 0.321 e. The van der Waals surface area contributed by atoms with Crippen molar-refractivity contribution in [1.29, 1.82) is 0 Å². The number of carbonyl (C=O) groups is 1. The molecule has 30 heavy (non-hydrogen) atoms. The predicted octanol–water partition coefficient (Wildman–Crippen LogP) is 4.07. The van der Waals surface area contributed by atoms with E-state index in [0.29, 0.717) is 36.3 Å². The molecule has 3 aromatic rings. The number of nitrogens with one attached hydrogen (secondary N) is 1. The number of urea groups is 1. The van der Waals surface area contributed by atoms with Crippen molar-refractivity contribution in [3.8, 4) is 11.5 Å². The van der Waals surface area contributed by atoms with Crippen molar-refractivity contribution in [3.63, 3.8) is 0 Å². The van der Waals surface area contributed by atoms with Crippen LogP contribution in [0.1, 0.15) is 30.5 Å². The third-order valence-corrected chi connectivity index (χ3v) is 4.99. The number of likely N-dealkylation sites (tertiary alicyclic amines) is 1. The molecule has 1 aliphatic heterocycles. The molecule has 1 saturated heterocycles. The highest BCUT2D eigenvalue weighted by Gasteiger charge is 2.28. The van der Waals surface area contributed by atoms with Gasteiger partial charge in [0, 0.05) is 13.1 Å². The first-order valence-corrected chi connectivity index (χ1v) is 9.92. The van der Waals surface area contributed by atoms with Crippen molar-refractivity contribution in [2.45, 2.75) is 25.4 Å². The van der Waals surface area contributed by atoms with Crippen molar-refractivity contribution < 1.29 is 18.7 Å². The van der Waals surface area contributed by atoms with E-state index in [1.807, 2.05) is 54.6 Å². The number of anilines is 1. The van der Waals surface area contributed by atoms with Gasteiger partial charge in [0.15, 0.2) is 6.61 Å². The Balaban J connectivity index is 1.35. The molecule has 1 unspecified atom stereocenters. The summed E-state index contributed by atoms with van der Waals surface area (Å²) in [6.07, 6.45) is 1.75. The Kier molecular flexibility index (Phi) is 6.12. The zero-order chi connectivity index (χ0) is 20.8. The lowest BCUT2D eigenvalue weighted by Gasteiger charge is -2.31. The molecule has 1 N–H and O–H groups in total. The van der Waals surface area contributed by atoms with E-state index in [4.69, 9.17) is 13.9 Å². The van der Waals surface area contributed by atoms with Crippen LogP contribution in [0.25, 0.3) is 0 Å². The summed E-state index contributed by atoms with van der Waals surface area (Å²) in [5.41, 5.74) is 0.644. The zero-order valence-electron chi connectivity index (χ0n) is 16.8. The summed E-state index contributed by atoms with van der Waals surface area (Å²) in [6.45, 7) is 1.40. The molecule has 0 radical (unpaired) electrons. The molecule has 0 saturated carbocycles. The van der Waals surface area contributed by atoms with Crippen LogP contribution in [0.15, 0.2) is 59.0 Å². The van der Waals surface area contributed by atoms with Crippen LogP contribution in [-0.2, 0) is 6.61 Å². The Labute approximate surface area is 174 Å². The molecular formula is C22H24N4O4. The number of piperidine rings is 1. The molecule has 2 heterocycles. The molecule has 4 rings (SSSR count). The molecule has 0 spiro atoms. The van der Waals surface area contributed by atoms with Crippen LogP contribution in [0.2, 0.25) is 0 Å². The topological polar surface area (TPSA) is 89.7 Å². The number of hydrogen-bond donors (Lipinski definition) is 1. The molecule has 8 heteroatoms. The fraction of sp³-hybridized carbons (Fsp3) is 0.318. The van der Waals surface area contributed by atoms with E-state index in [0.717, 1.165) is 18.6 Å². The lowest BCUT2D eigenvalue weighted by Crippen LogP contribution is -2.41. The highest BCUT2D eigenvalue weighted by molar-refractivity contribution is 5.91. The van der Waals surface area contributed by atoms with Gasteiger partial charge in [0.2, 0.25) is 5.89 Å². The number of rotatable bonds is 6. The van der Waals surface area contributed by atoms with Crippen molar-refractivity contribution in [2.75, 3.05) is 25.5 Å². The van der Waals surface area contributed by atoms with E-state index in [9.17, 15) is 4.79 Å². The molecule has 1 aromatic heterocycles. The predicted molar refractivity (Wildman–Crippen MR) is 111 cm³/mol. The number of amides is 2. The molecule has 1 fully saturated rings. The minimum Gasteiger partial charge on any atom is -0.495 e. The second kappa shape index (κ2) is 9.30. The molecule has 8 nitrogen and oxygen atoms in total. The Morgan fingerprint density at radius 1 is 1.17 bits per heavy atom. The standard InChI is InChI=1S/C22H24N4O4/c1-28-19-12-6-5-11-18(19)23-22(27)26-13-7-8-16(14-26)21-25-24-20(30-21)15-29-17-9-3-2-4-10-17/h2-6,9-12,16H,7-8,13-15H2,1H3,(H,23,27). The lowest BCUT2D eigenvalue weighted by atomic mass is 9.98. The normalized spacial score (nSPS) is 16.2. The van der Waals surface area contributed by atoms with E-state index in [2.05, 4.69) is 15.5 Å². The number of aromatic nitrogens is 2. The number of benzene rings is 2. The number of para-hydroxylation sites is 3. The van der Waals surface area contributed by atoms with Gasteiger partial charge in [-0.05, 0) is 37.1 Å². The maximum absolute atomic E-state index is 12.7. The fourth-order valence-electron chi connectivity index (χ4n) is 3.46. The van der Waals surface area contributed by atoms with Gasteiger partial charge in [-0.2, -0.15) is 0 Å². The van der Waals surface area contributed by atoms with Crippen LogP contribution in [0.5, 0.6) is 11.5 Å². The van der Waals surface area contributed by atoms with Crippen molar-refractivity contribution >= 4 is 11.7 Å². The molecular weight excluding hydrogens is 384 g/mol. The molecule has 0 aliphatic carbocycles. The Morgan fingerprint density at radius 3 is 2.80 bits per heavy atom. The van der Waals surface area contributed by atoms with Gasteiger partial charge < -0.3 is 24.1 Å². The highest BCUT2D eigenvalue weighted by Crippen LogP contribution is 2.28. The van der Waals surface area contributed by atoms with Crippen molar-refractivity contribution in [1.82, 2.24) is 15.1 Å². The van der Waals surface area contributed by atoms with Crippen LogP contribution in [-0.4, -0.2) is 41.3 Å². The maximum Gasteiger partial charge on any atom is 0.321 e. The molecule has 1 aliphatic rings. The Hall–Kier alpha value is -3.55. The van der Waals surface area contributed by atoms with Crippen LogP contribution in [0, 0.1) is 0 Å².